The molecule has 0 fully saturated rings. The maximum atomic E-state index is 11.8. The highest BCUT2D eigenvalue weighted by Crippen LogP contribution is 2.33. The number of allylic oxidation sites excluding steroid dienone is 1. The van der Waals surface area contributed by atoms with Crippen molar-refractivity contribution in [2.45, 2.75) is 13.3 Å². The van der Waals surface area contributed by atoms with Gasteiger partial charge in [-0.1, -0.05) is 25.6 Å². The van der Waals surface area contributed by atoms with E-state index >= 15 is 0 Å². The highest BCUT2D eigenvalue weighted by molar-refractivity contribution is 6.12. The lowest BCUT2D eigenvalue weighted by atomic mass is 9.80. The zero-order valence-corrected chi connectivity index (χ0v) is 8.08. The van der Waals surface area contributed by atoms with Crippen LogP contribution in [0.3, 0.4) is 0 Å². The molecule has 0 aliphatic heterocycles. The summed E-state index contributed by atoms with van der Waals surface area (Å²) in [6.45, 7) is 5.73. The highest BCUT2D eigenvalue weighted by Gasteiger charge is 2.27. The molecule has 1 N–H and O–H groups in total. The number of hydrogen-bond donors (Lipinski definition) is 1. The molecule has 1 aliphatic carbocycles. The van der Waals surface area contributed by atoms with Gasteiger partial charge >= 0.3 is 0 Å². The molecule has 1 aliphatic rings. The number of Topliss-reactive ketones (excluding diaryl/α,β-unsaturated/α-hetero) is 1. The first-order valence-corrected chi connectivity index (χ1v) is 4.65. The normalized spacial score (nSPS) is 20.8. The lowest BCUT2D eigenvalue weighted by Gasteiger charge is -2.23. The van der Waals surface area contributed by atoms with Crippen molar-refractivity contribution in [2.75, 3.05) is 0 Å². The molecule has 0 radical (unpaired) electrons. The van der Waals surface area contributed by atoms with Gasteiger partial charge in [0.05, 0.1) is 5.56 Å². The monoisotopic (exact) mass is 188 g/mol. The summed E-state index contributed by atoms with van der Waals surface area (Å²) in [5, 5.41) is 9.57. The Morgan fingerprint density at radius 3 is 2.93 bits per heavy atom. The second-order valence-corrected chi connectivity index (χ2v) is 3.77. The second-order valence-electron chi connectivity index (χ2n) is 3.77. The van der Waals surface area contributed by atoms with E-state index in [2.05, 4.69) is 6.58 Å². The van der Waals surface area contributed by atoms with E-state index in [1.807, 2.05) is 13.0 Å². The molecule has 0 saturated heterocycles. The molecular formula is C12H12O2. The zero-order valence-electron chi connectivity index (χ0n) is 8.08. The van der Waals surface area contributed by atoms with E-state index in [1.54, 1.807) is 12.1 Å². The fourth-order valence-corrected chi connectivity index (χ4v) is 1.86. The van der Waals surface area contributed by atoms with Crippen LogP contribution in [0.5, 0.6) is 5.75 Å². The van der Waals surface area contributed by atoms with Crippen molar-refractivity contribution < 1.29 is 9.90 Å². The van der Waals surface area contributed by atoms with E-state index in [1.165, 1.54) is 0 Å². The summed E-state index contributed by atoms with van der Waals surface area (Å²) >= 11 is 0. The van der Waals surface area contributed by atoms with Crippen LogP contribution in [-0.4, -0.2) is 10.9 Å². The van der Waals surface area contributed by atoms with Crippen molar-refractivity contribution in [1.82, 2.24) is 0 Å². The van der Waals surface area contributed by atoms with Gasteiger partial charge in [0.1, 0.15) is 5.75 Å². The zero-order chi connectivity index (χ0) is 10.3. The number of phenolic OH excluding ortho intramolecular Hbond substituents is 1. The maximum absolute atomic E-state index is 11.8. The first-order chi connectivity index (χ1) is 6.61. The Balaban J connectivity index is 2.63. The molecule has 1 atom stereocenters. The molecule has 0 bridgehead atoms. The van der Waals surface area contributed by atoms with E-state index in [4.69, 9.17) is 0 Å². The molecule has 1 aromatic carbocycles. The van der Waals surface area contributed by atoms with Crippen LogP contribution in [0.4, 0.5) is 0 Å². The molecule has 0 saturated carbocycles. The summed E-state index contributed by atoms with van der Waals surface area (Å²) in [4.78, 5) is 11.8. The largest absolute Gasteiger partial charge is 0.507 e. The number of hydrogen-bond acceptors (Lipinski definition) is 2. The minimum absolute atomic E-state index is 0.0700. The summed E-state index contributed by atoms with van der Waals surface area (Å²) in [7, 11) is 0. The van der Waals surface area contributed by atoms with Gasteiger partial charge in [-0.05, 0) is 29.5 Å². The molecular weight excluding hydrogens is 176 g/mol. The molecule has 14 heavy (non-hydrogen) atoms. The Morgan fingerprint density at radius 1 is 1.50 bits per heavy atom. The fraction of sp³-hybridized carbons (Fsp3) is 0.250. The summed E-state index contributed by atoms with van der Waals surface area (Å²) in [5.74, 6) is 0.134. The van der Waals surface area contributed by atoms with E-state index in [-0.39, 0.29) is 17.5 Å². The van der Waals surface area contributed by atoms with E-state index < -0.39 is 0 Å². The standard InChI is InChI=1S/C12H12O2/c1-7-6-9-4-3-5-10(13)11(9)12(14)8(7)2/h3-5,7,13H,2,6H2,1H3. The Kier molecular flexibility index (Phi) is 1.92. The third kappa shape index (κ3) is 1.15. The first kappa shape index (κ1) is 9.00. The second kappa shape index (κ2) is 2.98. The number of carbonyl (C=O) groups is 1. The van der Waals surface area contributed by atoms with Gasteiger partial charge in [-0.3, -0.25) is 4.79 Å². The summed E-state index contributed by atoms with van der Waals surface area (Å²) in [6.07, 6.45) is 0.786. The number of aromatic hydroxyl groups is 1. The Labute approximate surface area is 82.9 Å². The molecule has 0 heterocycles. The molecule has 0 aromatic heterocycles. The molecule has 0 amide bonds. The van der Waals surface area contributed by atoms with Crippen molar-refractivity contribution in [2.24, 2.45) is 5.92 Å². The van der Waals surface area contributed by atoms with Gasteiger partial charge in [-0.15, -0.1) is 0 Å². The Morgan fingerprint density at radius 2 is 2.21 bits per heavy atom. The lowest BCUT2D eigenvalue weighted by molar-refractivity contribution is 0.101. The molecule has 1 aromatic rings. The Hall–Kier alpha value is -1.57. The number of benzene rings is 1. The van der Waals surface area contributed by atoms with Crippen LogP contribution >= 0.6 is 0 Å². The number of ketones is 1. The number of fused-ring (bicyclic) bond motifs is 1. The van der Waals surface area contributed by atoms with Crippen molar-refractivity contribution >= 4 is 5.78 Å². The topological polar surface area (TPSA) is 37.3 Å². The van der Waals surface area contributed by atoms with Crippen molar-refractivity contribution in [3.05, 3.63) is 41.5 Å². The molecule has 2 nitrogen and oxygen atoms in total. The van der Waals surface area contributed by atoms with E-state index in [0.29, 0.717) is 11.1 Å². The first-order valence-electron chi connectivity index (χ1n) is 4.65. The third-order valence-corrected chi connectivity index (χ3v) is 2.77. The van der Waals surface area contributed by atoms with Gasteiger partial charge in [-0.25, -0.2) is 0 Å². The molecule has 1 unspecified atom stereocenters. The van der Waals surface area contributed by atoms with Crippen LogP contribution in [0.2, 0.25) is 0 Å². The van der Waals surface area contributed by atoms with Crippen molar-refractivity contribution in [1.29, 1.82) is 0 Å². The smallest absolute Gasteiger partial charge is 0.192 e. The van der Waals surface area contributed by atoms with Crippen LogP contribution in [0, 0.1) is 5.92 Å². The van der Waals surface area contributed by atoms with Gasteiger partial charge in [-0.2, -0.15) is 0 Å². The van der Waals surface area contributed by atoms with Gasteiger partial charge in [0, 0.05) is 0 Å². The van der Waals surface area contributed by atoms with E-state index in [0.717, 1.165) is 12.0 Å². The minimum atomic E-state index is -0.114. The maximum Gasteiger partial charge on any atom is 0.192 e. The molecule has 0 spiro atoms. The van der Waals surface area contributed by atoms with E-state index in [9.17, 15) is 9.90 Å². The predicted molar refractivity (Wildman–Crippen MR) is 54.4 cm³/mol. The number of carbonyl (C=O) groups excluding carboxylic acids is 1. The van der Waals surface area contributed by atoms with Crippen molar-refractivity contribution in [3.8, 4) is 5.75 Å². The predicted octanol–water partition coefficient (Wildman–Crippen LogP) is 2.32. The van der Waals surface area contributed by atoms with Gasteiger partial charge in [0.25, 0.3) is 0 Å². The van der Waals surface area contributed by atoms with Gasteiger partial charge in [0.15, 0.2) is 5.78 Å². The fourth-order valence-electron chi connectivity index (χ4n) is 1.86. The Bertz CT molecular complexity index is 418. The number of phenols is 1. The minimum Gasteiger partial charge on any atom is -0.507 e. The quantitative estimate of drug-likeness (QED) is 0.634. The average Bonchev–Trinajstić information content (AvgIpc) is 2.14. The van der Waals surface area contributed by atoms with Crippen LogP contribution in [0.25, 0.3) is 0 Å². The van der Waals surface area contributed by atoms with Crippen molar-refractivity contribution in [3.63, 3.8) is 0 Å². The van der Waals surface area contributed by atoms with Crippen LogP contribution in [0.15, 0.2) is 30.4 Å². The summed E-state index contributed by atoms with van der Waals surface area (Å²) in [6, 6.07) is 5.19. The van der Waals surface area contributed by atoms with Gasteiger partial charge in [0.2, 0.25) is 0 Å². The van der Waals surface area contributed by atoms with Crippen LogP contribution < -0.4 is 0 Å². The summed E-state index contributed by atoms with van der Waals surface area (Å²) in [5.41, 5.74) is 1.96. The molecule has 2 heteroatoms. The van der Waals surface area contributed by atoms with Crippen LogP contribution in [0.1, 0.15) is 22.8 Å². The lowest BCUT2D eigenvalue weighted by Crippen LogP contribution is -2.20. The number of rotatable bonds is 0. The highest BCUT2D eigenvalue weighted by atomic mass is 16.3. The SMILES string of the molecule is C=C1C(=O)c2c(O)cccc2CC1C. The van der Waals surface area contributed by atoms with Crippen LogP contribution in [-0.2, 0) is 6.42 Å². The average molecular weight is 188 g/mol. The van der Waals surface area contributed by atoms with Gasteiger partial charge < -0.3 is 5.11 Å². The summed E-state index contributed by atoms with van der Waals surface area (Å²) < 4.78 is 0. The third-order valence-electron chi connectivity index (χ3n) is 2.77. The molecule has 72 valence electrons. The molecule has 2 rings (SSSR count).